The van der Waals surface area contributed by atoms with E-state index in [1.54, 1.807) is 0 Å². The molecule has 0 aromatic heterocycles. The molecule has 1 atom stereocenters. The third kappa shape index (κ3) is 6.15. The van der Waals surface area contributed by atoms with E-state index in [0.717, 1.165) is 6.04 Å². The van der Waals surface area contributed by atoms with Crippen molar-refractivity contribution in [1.82, 2.24) is 5.32 Å². The second-order valence-electron chi connectivity index (χ2n) is 5.56. The minimum Gasteiger partial charge on any atom is -0.313 e. The third-order valence-electron chi connectivity index (χ3n) is 4.13. The number of unbranched alkanes of at least 4 members (excludes halogenated alkanes) is 1. The van der Waals surface area contributed by atoms with Gasteiger partial charge >= 0.3 is 0 Å². The van der Waals surface area contributed by atoms with Gasteiger partial charge in [-0.1, -0.05) is 33.6 Å². The summed E-state index contributed by atoms with van der Waals surface area (Å²) in [6.07, 6.45) is 9.74. The average molecular weight is 257 g/mol. The average Bonchev–Trinajstić information content (AvgIpc) is 3.17. The van der Waals surface area contributed by atoms with E-state index in [1.165, 1.54) is 63.0 Å². The Morgan fingerprint density at radius 3 is 2.47 bits per heavy atom. The Hall–Kier alpha value is 0.310. The molecule has 0 heterocycles. The molecule has 0 aromatic carbocycles. The van der Waals surface area contributed by atoms with Crippen LogP contribution in [0.3, 0.4) is 0 Å². The maximum absolute atomic E-state index is 3.77. The first-order valence-electron chi connectivity index (χ1n) is 7.57. The highest BCUT2D eigenvalue weighted by atomic mass is 32.2. The van der Waals surface area contributed by atoms with Crippen LogP contribution in [0.15, 0.2) is 0 Å². The molecule has 1 unspecified atom stereocenters. The predicted octanol–water partition coefficient (Wildman–Crippen LogP) is 4.47. The molecule has 1 aliphatic rings. The molecule has 0 saturated heterocycles. The van der Waals surface area contributed by atoms with Crippen LogP contribution >= 0.6 is 11.8 Å². The fourth-order valence-electron chi connectivity index (χ4n) is 2.41. The number of thioether (sulfide) groups is 1. The summed E-state index contributed by atoms with van der Waals surface area (Å²) in [6.45, 7) is 8.24. The molecule has 0 radical (unpaired) electrons. The lowest BCUT2D eigenvalue weighted by atomic mass is 9.77. The Kier molecular flexibility index (Phi) is 7.61. The molecule has 1 rings (SSSR count). The van der Waals surface area contributed by atoms with Crippen molar-refractivity contribution in [3.63, 3.8) is 0 Å². The van der Waals surface area contributed by atoms with Crippen LogP contribution in [0.1, 0.15) is 65.7 Å². The van der Waals surface area contributed by atoms with E-state index in [0.29, 0.717) is 5.41 Å². The van der Waals surface area contributed by atoms with Gasteiger partial charge in [0.05, 0.1) is 0 Å². The number of rotatable bonds is 11. The minimum absolute atomic E-state index is 0.584. The van der Waals surface area contributed by atoms with E-state index in [1.807, 2.05) is 0 Å². The van der Waals surface area contributed by atoms with E-state index >= 15 is 0 Å². The van der Waals surface area contributed by atoms with Crippen molar-refractivity contribution in [3.05, 3.63) is 0 Å². The van der Waals surface area contributed by atoms with Crippen LogP contribution in [-0.2, 0) is 0 Å². The molecular formula is C15H31NS. The normalized spacial score (nSPS) is 19.2. The first-order chi connectivity index (χ1) is 8.26. The summed E-state index contributed by atoms with van der Waals surface area (Å²) in [5, 5.41) is 3.77. The molecule has 102 valence electrons. The fourth-order valence-corrected chi connectivity index (χ4v) is 3.28. The van der Waals surface area contributed by atoms with Gasteiger partial charge in [-0.2, -0.15) is 11.8 Å². The van der Waals surface area contributed by atoms with Crippen molar-refractivity contribution >= 4 is 11.8 Å². The van der Waals surface area contributed by atoms with E-state index in [2.05, 4.69) is 37.8 Å². The minimum atomic E-state index is 0.584. The quantitative estimate of drug-likeness (QED) is 0.548. The van der Waals surface area contributed by atoms with Crippen LogP contribution in [0.25, 0.3) is 0 Å². The topological polar surface area (TPSA) is 12.0 Å². The largest absolute Gasteiger partial charge is 0.313 e. The summed E-state index contributed by atoms with van der Waals surface area (Å²) in [6, 6.07) is 0.862. The lowest BCUT2D eigenvalue weighted by molar-refractivity contribution is 0.223. The Bertz CT molecular complexity index is 191. The van der Waals surface area contributed by atoms with Gasteiger partial charge in [0, 0.05) is 12.6 Å². The smallest absolute Gasteiger partial charge is 0.00684 e. The second-order valence-corrected chi connectivity index (χ2v) is 6.95. The number of hydrogen-bond donors (Lipinski definition) is 1. The molecule has 1 fully saturated rings. The summed E-state index contributed by atoms with van der Waals surface area (Å²) in [4.78, 5) is 0. The van der Waals surface area contributed by atoms with Gasteiger partial charge in [-0.3, -0.25) is 0 Å². The van der Waals surface area contributed by atoms with Crippen LogP contribution in [-0.4, -0.2) is 24.1 Å². The Labute approximate surface area is 113 Å². The second kappa shape index (κ2) is 8.42. The summed E-state index contributed by atoms with van der Waals surface area (Å²) in [5.74, 6) is 2.62. The third-order valence-corrected chi connectivity index (χ3v) is 5.04. The molecule has 1 aliphatic carbocycles. The lowest BCUT2D eigenvalue weighted by Crippen LogP contribution is -2.35. The van der Waals surface area contributed by atoms with Gasteiger partial charge < -0.3 is 5.32 Å². The lowest BCUT2D eigenvalue weighted by Gasteiger charge is -2.33. The van der Waals surface area contributed by atoms with Crippen LogP contribution in [0, 0.1) is 5.41 Å². The summed E-state index contributed by atoms with van der Waals surface area (Å²) < 4.78 is 0. The molecule has 0 aliphatic heterocycles. The zero-order valence-electron chi connectivity index (χ0n) is 12.1. The predicted molar refractivity (Wildman–Crippen MR) is 80.9 cm³/mol. The van der Waals surface area contributed by atoms with Crippen molar-refractivity contribution in [2.24, 2.45) is 5.41 Å². The zero-order chi connectivity index (χ0) is 12.6. The van der Waals surface area contributed by atoms with E-state index < -0.39 is 0 Å². The maximum atomic E-state index is 3.77. The van der Waals surface area contributed by atoms with Gasteiger partial charge in [-0.05, 0) is 49.0 Å². The van der Waals surface area contributed by atoms with E-state index in [-0.39, 0.29) is 0 Å². The van der Waals surface area contributed by atoms with Gasteiger partial charge in [0.2, 0.25) is 0 Å². The molecule has 1 N–H and O–H groups in total. The monoisotopic (exact) mass is 257 g/mol. The Morgan fingerprint density at radius 2 is 1.94 bits per heavy atom. The molecule has 0 bridgehead atoms. The van der Waals surface area contributed by atoms with Gasteiger partial charge in [0.15, 0.2) is 0 Å². The Balaban J connectivity index is 2.37. The van der Waals surface area contributed by atoms with E-state index in [9.17, 15) is 0 Å². The van der Waals surface area contributed by atoms with Crippen molar-refractivity contribution in [2.45, 2.75) is 71.8 Å². The van der Waals surface area contributed by atoms with Crippen molar-refractivity contribution < 1.29 is 0 Å². The maximum Gasteiger partial charge on any atom is 0.00684 e. The fraction of sp³-hybridized carbons (Fsp3) is 1.00. The standard InChI is InChI=1S/C15H31NS/c1-4-7-10-15(5-2,11-12-17-6-3)13-16-14-8-9-14/h14,16H,4-13H2,1-3H3. The highest BCUT2D eigenvalue weighted by Crippen LogP contribution is 2.34. The Morgan fingerprint density at radius 1 is 1.18 bits per heavy atom. The van der Waals surface area contributed by atoms with Crippen molar-refractivity contribution in [3.8, 4) is 0 Å². The summed E-state index contributed by atoms with van der Waals surface area (Å²) in [5.41, 5.74) is 0.584. The SMILES string of the molecule is CCCCC(CC)(CCSCC)CNC1CC1. The van der Waals surface area contributed by atoms with Gasteiger partial charge in [-0.15, -0.1) is 0 Å². The van der Waals surface area contributed by atoms with Crippen LogP contribution in [0.5, 0.6) is 0 Å². The molecule has 1 saturated carbocycles. The van der Waals surface area contributed by atoms with Crippen molar-refractivity contribution in [2.75, 3.05) is 18.1 Å². The van der Waals surface area contributed by atoms with Crippen LogP contribution in [0.4, 0.5) is 0 Å². The molecule has 2 heteroatoms. The molecule has 0 amide bonds. The molecule has 0 aromatic rings. The van der Waals surface area contributed by atoms with E-state index in [4.69, 9.17) is 0 Å². The molecule has 1 nitrogen and oxygen atoms in total. The molecular weight excluding hydrogens is 226 g/mol. The number of hydrogen-bond acceptors (Lipinski definition) is 2. The number of nitrogens with one attached hydrogen (secondary N) is 1. The summed E-state index contributed by atoms with van der Waals surface area (Å²) >= 11 is 2.11. The van der Waals surface area contributed by atoms with Crippen LogP contribution < -0.4 is 5.32 Å². The highest BCUT2D eigenvalue weighted by Gasteiger charge is 2.30. The zero-order valence-corrected chi connectivity index (χ0v) is 12.9. The van der Waals surface area contributed by atoms with Crippen LogP contribution in [0.2, 0.25) is 0 Å². The van der Waals surface area contributed by atoms with Gasteiger partial charge in [0.25, 0.3) is 0 Å². The highest BCUT2D eigenvalue weighted by molar-refractivity contribution is 7.99. The van der Waals surface area contributed by atoms with Crippen molar-refractivity contribution in [1.29, 1.82) is 0 Å². The summed E-state index contributed by atoms with van der Waals surface area (Å²) in [7, 11) is 0. The molecule has 0 spiro atoms. The first kappa shape index (κ1) is 15.4. The molecule has 17 heavy (non-hydrogen) atoms. The van der Waals surface area contributed by atoms with Gasteiger partial charge in [-0.25, -0.2) is 0 Å². The van der Waals surface area contributed by atoms with Gasteiger partial charge in [0.1, 0.15) is 0 Å². The first-order valence-corrected chi connectivity index (χ1v) is 8.73.